The van der Waals surface area contributed by atoms with Crippen LogP contribution in [-0.4, -0.2) is 42.6 Å². The molecular formula is C22H29N3O2S. The summed E-state index contributed by atoms with van der Waals surface area (Å²) in [4.78, 5) is 27.9. The highest BCUT2D eigenvalue weighted by Crippen LogP contribution is 2.25. The molecule has 1 atom stereocenters. The predicted molar refractivity (Wildman–Crippen MR) is 118 cm³/mol. The molecule has 0 spiro atoms. The van der Waals surface area contributed by atoms with Crippen LogP contribution in [0.1, 0.15) is 23.6 Å². The minimum Gasteiger partial charge on any atom is -0.324 e. The molecule has 2 rings (SSSR count). The number of para-hydroxylation sites is 1. The first-order chi connectivity index (χ1) is 13.2. The van der Waals surface area contributed by atoms with Gasteiger partial charge < -0.3 is 10.6 Å². The van der Waals surface area contributed by atoms with Crippen LogP contribution in [-0.2, 0) is 9.59 Å². The van der Waals surface area contributed by atoms with Gasteiger partial charge in [-0.05, 0) is 64.3 Å². The third-order valence-corrected chi connectivity index (χ3v) is 5.54. The Labute approximate surface area is 171 Å². The standard InChI is InChI=1S/C22H29N3O2S/c1-14-11-15(2)21(16(3)12-14)24-22(27)17(4)25(5)13-20(26)23-18-9-7-8-10-19(18)28-6/h7-12,17H,13H2,1-6H3,(H,23,26)(H,24,27)/t17-/m1/s1. The number of carbonyl (C=O) groups is 2. The summed E-state index contributed by atoms with van der Waals surface area (Å²) < 4.78 is 0. The smallest absolute Gasteiger partial charge is 0.241 e. The molecule has 6 heteroatoms. The van der Waals surface area contributed by atoms with E-state index in [-0.39, 0.29) is 18.4 Å². The Morgan fingerprint density at radius 3 is 2.29 bits per heavy atom. The molecule has 0 saturated heterocycles. The van der Waals surface area contributed by atoms with E-state index in [4.69, 9.17) is 0 Å². The largest absolute Gasteiger partial charge is 0.324 e. The van der Waals surface area contributed by atoms with Crippen LogP contribution in [0.5, 0.6) is 0 Å². The summed E-state index contributed by atoms with van der Waals surface area (Å²) in [6.07, 6.45) is 1.97. The van der Waals surface area contributed by atoms with Gasteiger partial charge in [0, 0.05) is 10.6 Å². The number of aryl methyl sites for hydroxylation is 3. The Kier molecular flexibility index (Phi) is 7.66. The van der Waals surface area contributed by atoms with Crippen molar-refractivity contribution in [1.82, 2.24) is 4.90 Å². The lowest BCUT2D eigenvalue weighted by Gasteiger charge is -2.24. The van der Waals surface area contributed by atoms with Crippen LogP contribution in [0.4, 0.5) is 11.4 Å². The second-order valence-electron chi connectivity index (χ2n) is 7.10. The van der Waals surface area contributed by atoms with Gasteiger partial charge in [-0.25, -0.2) is 0 Å². The normalized spacial score (nSPS) is 12.0. The van der Waals surface area contributed by atoms with Gasteiger partial charge in [0.15, 0.2) is 0 Å². The summed E-state index contributed by atoms with van der Waals surface area (Å²) in [5.74, 6) is -0.277. The summed E-state index contributed by atoms with van der Waals surface area (Å²) in [5.41, 5.74) is 4.87. The van der Waals surface area contributed by atoms with Crippen LogP contribution in [0.3, 0.4) is 0 Å². The molecule has 2 aromatic carbocycles. The molecule has 28 heavy (non-hydrogen) atoms. The first-order valence-corrected chi connectivity index (χ1v) is 10.5. The Morgan fingerprint density at radius 1 is 1.07 bits per heavy atom. The van der Waals surface area contributed by atoms with Gasteiger partial charge in [-0.3, -0.25) is 14.5 Å². The molecule has 0 saturated carbocycles. The van der Waals surface area contributed by atoms with Gasteiger partial charge in [-0.15, -0.1) is 11.8 Å². The number of carbonyl (C=O) groups excluding carboxylic acids is 2. The van der Waals surface area contributed by atoms with Gasteiger partial charge in [0.05, 0.1) is 18.3 Å². The van der Waals surface area contributed by atoms with Gasteiger partial charge in [0.25, 0.3) is 0 Å². The molecule has 5 nitrogen and oxygen atoms in total. The van der Waals surface area contributed by atoms with E-state index in [0.717, 1.165) is 27.4 Å². The number of hydrogen-bond acceptors (Lipinski definition) is 4. The minimum absolute atomic E-state index is 0.128. The molecule has 0 unspecified atom stereocenters. The van der Waals surface area contributed by atoms with Crippen molar-refractivity contribution in [2.24, 2.45) is 0 Å². The molecule has 0 aliphatic rings. The van der Waals surface area contributed by atoms with Crippen molar-refractivity contribution in [2.75, 3.05) is 30.5 Å². The average molecular weight is 400 g/mol. The van der Waals surface area contributed by atoms with Crippen LogP contribution >= 0.6 is 11.8 Å². The summed E-state index contributed by atoms with van der Waals surface area (Å²) in [6, 6.07) is 11.3. The van der Waals surface area contributed by atoms with Crippen molar-refractivity contribution < 1.29 is 9.59 Å². The summed E-state index contributed by atoms with van der Waals surface area (Å²) in [7, 11) is 1.78. The van der Waals surface area contributed by atoms with Gasteiger partial charge >= 0.3 is 0 Å². The van der Waals surface area contributed by atoms with E-state index in [9.17, 15) is 9.59 Å². The van der Waals surface area contributed by atoms with E-state index < -0.39 is 6.04 Å². The van der Waals surface area contributed by atoms with E-state index in [1.54, 1.807) is 30.6 Å². The van der Waals surface area contributed by atoms with Crippen LogP contribution in [0.15, 0.2) is 41.3 Å². The highest BCUT2D eigenvalue weighted by molar-refractivity contribution is 7.98. The SMILES string of the molecule is CSc1ccccc1NC(=O)CN(C)[C@H](C)C(=O)Nc1c(C)cc(C)cc1C. The molecule has 0 aromatic heterocycles. The molecule has 0 heterocycles. The Bertz CT molecular complexity index is 844. The van der Waals surface area contributed by atoms with Crippen molar-refractivity contribution in [3.63, 3.8) is 0 Å². The van der Waals surface area contributed by atoms with E-state index in [1.807, 2.05) is 63.4 Å². The first kappa shape index (κ1) is 22.0. The number of thioether (sulfide) groups is 1. The first-order valence-electron chi connectivity index (χ1n) is 9.24. The quantitative estimate of drug-likeness (QED) is 0.684. The Hall–Kier alpha value is -2.31. The molecule has 0 bridgehead atoms. The molecule has 0 aliphatic carbocycles. The third-order valence-electron chi connectivity index (χ3n) is 4.74. The molecule has 0 fully saturated rings. The highest BCUT2D eigenvalue weighted by Gasteiger charge is 2.21. The van der Waals surface area contributed by atoms with Gasteiger partial charge in [-0.2, -0.15) is 0 Å². The summed E-state index contributed by atoms with van der Waals surface area (Å²) in [6.45, 7) is 7.94. The van der Waals surface area contributed by atoms with Crippen molar-refractivity contribution in [2.45, 2.75) is 38.6 Å². The lowest BCUT2D eigenvalue weighted by molar-refractivity contribution is -0.122. The lowest BCUT2D eigenvalue weighted by atomic mass is 10.0. The number of rotatable bonds is 7. The van der Waals surface area contributed by atoms with Crippen molar-refractivity contribution in [3.05, 3.63) is 53.1 Å². The Balaban J connectivity index is 1.99. The van der Waals surface area contributed by atoms with Crippen LogP contribution in [0.25, 0.3) is 0 Å². The topological polar surface area (TPSA) is 61.4 Å². The number of amides is 2. The number of nitrogens with one attached hydrogen (secondary N) is 2. The average Bonchev–Trinajstić information content (AvgIpc) is 2.64. The monoisotopic (exact) mass is 399 g/mol. The van der Waals surface area contributed by atoms with Crippen molar-refractivity contribution >= 4 is 35.0 Å². The van der Waals surface area contributed by atoms with Gasteiger partial charge in [0.2, 0.25) is 11.8 Å². The zero-order chi connectivity index (χ0) is 20.8. The van der Waals surface area contributed by atoms with Crippen LogP contribution in [0, 0.1) is 20.8 Å². The Morgan fingerprint density at radius 2 is 1.68 bits per heavy atom. The maximum absolute atomic E-state index is 12.7. The zero-order valence-corrected chi connectivity index (χ0v) is 18.2. The number of benzene rings is 2. The molecule has 2 aromatic rings. The van der Waals surface area contributed by atoms with E-state index in [1.165, 1.54) is 5.56 Å². The zero-order valence-electron chi connectivity index (χ0n) is 17.4. The van der Waals surface area contributed by atoms with E-state index in [0.29, 0.717) is 0 Å². The maximum atomic E-state index is 12.7. The van der Waals surface area contributed by atoms with Gasteiger partial charge in [-0.1, -0.05) is 29.8 Å². The lowest BCUT2D eigenvalue weighted by Crippen LogP contribution is -2.43. The minimum atomic E-state index is -0.443. The molecule has 150 valence electrons. The number of likely N-dealkylation sites (N-methyl/N-ethyl adjacent to an activating group) is 1. The van der Waals surface area contributed by atoms with Gasteiger partial charge in [0.1, 0.15) is 0 Å². The summed E-state index contributed by atoms with van der Waals surface area (Å²) >= 11 is 1.58. The molecule has 0 aliphatic heterocycles. The van der Waals surface area contributed by atoms with Crippen LogP contribution < -0.4 is 10.6 Å². The second kappa shape index (κ2) is 9.75. The predicted octanol–water partition coefficient (Wildman–Crippen LogP) is 4.23. The maximum Gasteiger partial charge on any atom is 0.241 e. The fraction of sp³-hybridized carbons (Fsp3) is 0.364. The number of hydrogen-bond donors (Lipinski definition) is 2. The fourth-order valence-electron chi connectivity index (χ4n) is 3.11. The number of anilines is 2. The molecule has 2 amide bonds. The third kappa shape index (κ3) is 5.59. The van der Waals surface area contributed by atoms with E-state index >= 15 is 0 Å². The van der Waals surface area contributed by atoms with Crippen molar-refractivity contribution in [3.8, 4) is 0 Å². The fourth-order valence-corrected chi connectivity index (χ4v) is 3.66. The number of nitrogens with zero attached hydrogens (tertiary/aromatic N) is 1. The van der Waals surface area contributed by atoms with Crippen LogP contribution in [0.2, 0.25) is 0 Å². The highest BCUT2D eigenvalue weighted by atomic mass is 32.2. The second-order valence-corrected chi connectivity index (χ2v) is 7.95. The summed E-state index contributed by atoms with van der Waals surface area (Å²) in [5, 5.41) is 5.94. The molecule has 2 N–H and O–H groups in total. The van der Waals surface area contributed by atoms with E-state index in [2.05, 4.69) is 10.6 Å². The molecule has 0 radical (unpaired) electrons. The molecular weight excluding hydrogens is 370 g/mol. The van der Waals surface area contributed by atoms with Crippen molar-refractivity contribution in [1.29, 1.82) is 0 Å².